The zero-order valence-corrected chi connectivity index (χ0v) is 47.9. The van der Waals surface area contributed by atoms with Crippen molar-refractivity contribution in [1.82, 2.24) is 9.80 Å². The van der Waals surface area contributed by atoms with E-state index in [1.54, 1.807) is 88.7 Å². The average Bonchev–Trinajstić information content (AvgIpc) is 3.34. The molecule has 0 saturated carbocycles. The quantitative estimate of drug-likeness (QED) is 0.0626. The van der Waals surface area contributed by atoms with Gasteiger partial charge in [0.15, 0.2) is 0 Å². The number of carboxylic acid groups (broad SMARTS) is 4. The minimum absolute atomic E-state index is 0. The van der Waals surface area contributed by atoms with Crippen molar-refractivity contribution in [2.75, 3.05) is 78.9 Å². The maximum atomic E-state index is 10.1. The van der Waals surface area contributed by atoms with E-state index in [1.165, 1.54) is 83.1 Å². The molecule has 0 unspecified atom stereocenters. The summed E-state index contributed by atoms with van der Waals surface area (Å²) in [5.41, 5.74) is 0.880. The number of rotatable bonds is 20. The van der Waals surface area contributed by atoms with Crippen molar-refractivity contribution in [1.29, 1.82) is 5.26 Å². The van der Waals surface area contributed by atoms with E-state index in [0.29, 0.717) is 39.3 Å². The molecule has 0 fully saturated rings. The van der Waals surface area contributed by atoms with Gasteiger partial charge >= 0.3 is 68.3 Å². The molecule has 0 spiro atoms. The number of benzene rings is 4. The molecule has 25 heteroatoms. The van der Waals surface area contributed by atoms with Crippen LogP contribution in [0.15, 0.2) is 121 Å². The molecule has 0 bridgehead atoms. The second-order valence-corrected chi connectivity index (χ2v) is 13.9. The van der Waals surface area contributed by atoms with Gasteiger partial charge in [0, 0.05) is 20.0 Å². The largest absolute Gasteiger partial charge is 3.00 e. The summed E-state index contributed by atoms with van der Waals surface area (Å²) in [6.07, 6.45) is 0.167. The molecule has 0 aliphatic rings. The smallest absolute Gasteiger partial charge is 0.854 e. The molecule has 0 atom stereocenters. The van der Waals surface area contributed by atoms with Crippen LogP contribution in [0.3, 0.4) is 0 Å². The Bertz CT molecular complexity index is 1800. The zero-order valence-electron chi connectivity index (χ0n) is 43.2. The van der Waals surface area contributed by atoms with Crippen LogP contribution in [-0.2, 0) is 87.5 Å². The van der Waals surface area contributed by atoms with Crippen LogP contribution in [0.1, 0.15) is 88.9 Å². The van der Waals surface area contributed by atoms with Crippen molar-refractivity contribution >= 4 is 47.0 Å². The van der Waals surface area contributed by atoms with Crippen LogP contribution in [-0.4, -0.2) is 146 Å². The molecule has 0 heterocycles. The van der Waals surface area contributed by atoms with Gasteiger partial charge < -0.3 is 80.0 Å². The molecule has 423 valence electrons. The van der Waals surface area contributed by atoms with E-state index in [-0.39, 0.29) is 166 Å². The van der Waals surface area contributed by atoms with E-state index in [9.17, 15) is 79.2 Å². The van der Waals surface area contributed by atoms with E-state index >= 15 is 0 Å². The minimum atomic E-state index is -1.13. The Balaban J connectivity index is -0.0000000968. The van der Waals surface area contributed by atoms with Gasteiger partial charge in [-0.05, 0) is 76.1 Å². The number of hydrogen-bond acceptors (Lipinski definition) is 21. The molecule has 2 N–H and O–H groups in total. The standard InChI is InChI=1S/4C7H6O2.2C6H13NO3.2C5H8O2.C2H3N.4Mn/c4*8-7(9)6-4-2-1-3-5-6;2*8-4-1-7(2-5-9)3-6-10;2*1-4(6)3-5(2)7;1-2-3;;;;/h4*1-5H,(H,8,9);2*8H,1-6H2;2*3H2,1-2H3;1H3;;;;/q;;;;2*-2;;;;3*+2;+3/p-4. The van der Waals surface area contributed by atoms with Gasteiger partial charge in [0.05, 0.1) is 56.0 Å². The second-order valence-electron chi connectivity index (χ2n) is 13.9. The third-order valence-electron chi connectivity index (χ3n) is 7.50. The first-order chi connectivity index (χ1) is 34.6. The summed E-state index contributed by atoms with van der Waals surface area (Å²) < 4.78 is 0. The zero-order chi connectivity index (χ0) is 56.8. The van der Waals surface area contributed by atoms with Crippen LogP contribution < -0.4 is 40.9 Å². The number of nitrogens with zero attached hydrogens (tertiary/aromatic N) is 3. The summed E-state index contributed by atoms with van der Waals surface area (Å²) >= 11 is 0. The number of nitriles is 1. The van der Waals surface area contributed by atoms with Crippen LogP contribution >= 0.6 is 0 Å². The predicted molar refractivity (Wildman–Crippen MR) is 253 cm³/mol. The molecular weight excluding hydrogens is 1170 g/mol. The van der Waals surface area contributed by atoms with Gasteiger partial charge in [0.2, 0.25) is 0 Å². The van der Waals surface area contributed by atoms with Crippen LogP contribution in [0.25, 0.3) is 0 Å². The summed E-state index contributed by atoms with van der Waals surface area (Å²) in [5.74, 6) is -4.77. The van der Waals surface area contributed by atoms with Gasteiger partial charge in [-0.25, -0.2) is 0 Å². The Morgan fingerprint density at radius 1 is 0.403 bits per heavy atom. The van der Waals surface area contributed by atoms with Crippen molar-refractivity contribution < 1.29 is 158 Å². The van der Waals surface area contributed by atoms with Crippen LogP contribution in [0.4, 0.5) is 0 Å². The fraction of sp³-hybridized carbons (Fsp3) is 0.365. The first kappa shape index (κ1) is 91.2. The number of carbonyl (C=O) groups is 8. The van der Waals surface area contributed by atoms with E-state index in [2.05, 4.69) is 0 Å². The maximum absolute atomic E-state index is 10.1. The molecule has 4 aromatic carbocycles. The predicted octanol–water partition coefficient (Wildman–Crippen LogP) is -4.17. The normalized spacial score (nSPS) is 8.57. The topological polar surface area (TPSA) is 392 Å². The first-order valence-corrected chi connectivity index (χ1v) is 21.9. The Labute approximate surface area is 492 Å². The van der Waals surface area contributed by atoms with E-state index in [1.807, 2.05) is 0 Å². The molecule has 4 aromatic rings. The number of hydrogen-bond donors (Lipinski definition) is 2. The van der Waals surface area contributed by atoms with Crippen molar-refractivity contribution in [3.63, 3.8) is 0 Å². The molecule has 0 aliphatic heterocycles. The van der Waals surface area contributed by atoms with E-state index in [4.69, 9.17) is 15.5 Å². The van der Waals surface area contributed by atoms with Gasteiger partial charge in [-0.2, -0.15) is 5.26 Å². The molecule has 0 aromatic heterocycles. The molecule has 21 nitrogen and oxygen atoms in total. The summed E-state index contributed by atoms with van der Waals surface area (Å²) in [4.78, 5) is 83.8. The van der Waals surface area contributed by atoms with E-state index in [0.717, 1.165) is 0 Å². The summed E-state index contributed by atoms with van der Waals surface area (Å²) in [5, 5.41) is 105. The molecule has 4 rings (SSSR count). The fourth-order valence-corrected chi connectivity index (χ4v) is 4.47. The third kappa shape index (κ3) is 70.7. The minimum Gasteiger partial charge on any atom is -0.854 e. The van der Waals surface area contributed by atoms with Crippen molar-refractivity contribution in [3.05, 3.63) is 144 Å². The van der Waals surface area contributed by atoms with Crippen molar-refractivity contribution in [2.45, 2.75) is 47.5 Å². The second kappa shape index (κ2) is 66.8. The van der Waals surface area contributed by atoms with Crippen molar-refractivity contribution in [3.8, 4) is 6.07 Å². The van der Waals surface area contributed by atoms with Crippen LogP contribution in [0.2, 0.25) is 0 Å². The Morgan fingerprint density at radius 2 is 0.558 bits per heavy atom. The number of aromatic carboxylic acids is 4. The molecule has 77 heavy (non-hydrogen) atoms. The number of carboxylic acids is 4. The van der Waals surface area contributed by atoms with Gasteiger partial charge in [0.25, 0.3) is 0 Å². The Hall–Kier alpha value is -5.31. The summed E-state index contributed by atoms with van der Waals surface area (Å²) in [6, 6.07) is 34.0. The number of ketones is 4. The van der Waals surface area contributed by atoms with Gasteiger partial charge in [-0.3, -0.25) is 19.2 Å². The number of aliphatic hydroxyl groups is 2. The molecule has 0 aliphatic carbocycles. The average molecular weight is 1240 g/mol. The van der Waals surface area contributed by atoms with Gasteiger partial charge in [-0.15, -0.1) is 26.4 Å². The summed E-state index contributed by atoms with van der Waals surface area (Å²) in [6.45, 7) is 8.57. The Kier molecular flexibility index (Phi) is 79.1. The van der Waals surface area contributed by atoms with Crippen LogP contribution in [0.5, 0.6) is 0 Å². The molecule has 0 saturated heterocycles. The molecule has 3 radical (unpaired) electrons. The summed E-state index contributed by atoms with van der Waals surface area (Å²) in [7, 11) is 0. The van der Waals surface area contributed by atoms with Gasteiger partial charge in [0.1, 0.15) is 23.1 Å². The SMILES string of the molecule is CC#N.CC(=O)CC(C)=O.CC(=O)CC(C)=O.O=C([O-])c1ccccc1.O=C([O-])c1ccccc1.O=C([O-])c1ccccc1.O=C([O-])c1ccccc1.[Mn+2].[Mn+2].[Mn+2].[Mn+3].[O-]CCN(CC[O-])CCO.[O-]CCN(CC[O-])CCO. The van der Waals surface area contributed by atoms with E-state index < -0.39 is 23.9 Å². The molecular formula is C52H65Mn4N3O18+. The Morgan fingerprint density at radius 3 is 0.636 bits per heavy atom. The van der Waals surface area contributed by atoms with Crippen molar-refractivity contribution in [2.24, 2.45) is 0 Å². The fourth-order valence-electron chi connectivity index (χ4n) is 4.47. The maximum Gasteiger partial charge on any atom is 3.00 e. The molecule has 0 amide bonds. The van der Waals surface area contributed by atoms with Gasteiger partial charge in [-0.1, -0.05) is 121 Å². The number of carbonyl (C=O) groups excluding carboxylic acids is 8. The number of aliphatic hydroxyl groups excluding tert-OH is 2. The first-order valence-electron chi connectivity index (χ1n) is 21.9. The monoisotopic (exact) mass is 1240 g/mol. The van der Waals surface area contributed by atoms with Crippen LogP contribution in [0, 0.1) is 11.3 Å². The number of Topliss-reactive ketones (excluding diaryl/α,β-unsaturated/α-hetero) is 4. The third-order valence-corrected chi connectivity index (χ3v) is 7.50.